The molecule has 94 valence electrons. The normalized spacial score (nSPS) is 20.5. The Kier molecular flexibility index (Phi) is 4.33. The number of nitrogens with two attached hydrogens (primary N) is 1. The van der Waals surface area contributed by atoms with Crippen molar-refractivity contribution in [3.8, 4) is 0 Å². The highest BCUT2D eigenvalue weighted by Crippen LogP contribution is 2.20. The van der Waals surface area contributed by atoms with E-state index in [1.165, 1.54) is 0 Å². The third kappa shape index (κ3) is 4.94. The highest BCUT2D eigenvalue weighted by atomic mass is 16.5. The van der Waals surface area contributed by atoms with Crippen LogP contribution >= 0.6 is 0 Å². The number of ether oxygens (including phenoxy) is 1. The summed E-state index contributed by atoms with van der Waals surface area (Å²) in [4.78, 5) is 11.8. The molecule has 1 aliphatic heterocycles. The van der Waals surface area contributed by atoms with Crippen molar-refractivity contribution >= 4 is 5.91 Å². The molecule has 4 nitrogen and oxygen atoms in total. The standard InChI is InChI=1S/C12H24N2O2/c1-11(2,13)5-4-10(15)14-12(3)6-8-16-9-7-12/h4-9,13H2,1-3H3,(H,14,15). The smallest absolute Gasteiger partial charge is 0.220 e. The maximum atomic E-state index is 11.8. The highest BCUT2D eigenvalue weighted by molar-refractivity contribution is 5.76. The maximum Gasteiger partial charge on any atom is 0.220 e. The van der Waals surface area contributed by atoms with Crippen molar-refractivity contribution < 1.29 is 9.53 Å². The van der Waals surface area contributed by atoms with Crippen LogP contribution in [-0.2, 0) is 9.53 Å². The fourth-order valence-electron chi connectivity index (χ4n) is 1.78. The lowest BCUT2D eigenvalue weighted by Crippen LogP contribution is -2.50. The summed E-state index contributed by atoms with van der Waals surface area (Å²) >= 11 is 0. The average Bonchev–Trinajstić information content (AvgIpc) is 2.14. The molecule has 0 radical (unpaired) electrons. The maximum absolute atomic E-state index is 11.8. The molecule has 0 aromatic heterocycles. The number of hydrogen-bond acceptors (Lipinski definition) is 3. The van der Waals surface area contributed by atoms with E-state index in [9.17, 15) is 4.79 Å². The van der Waals surface area contributed by atoms with Crippen LogP contribution in [0.15, 0.2) is 0 Å². The topological polar surface area (TPSA) is 64.4 Å². The van der Waals surface area contributed by atoms with E-state index in [2.05, 4.69) is 12.2 Å². The Bertz CT molecular complexity index is 240. The van der Waals surface area contributed by atoms with Gasteiger partial charge in [-0.25, -0.2) is 0 Å². The largest absolute Gasteiger partial charge is 0.381 e. The van der Waals surface area contributed by atoms with E-state index in [1.807, 2.05) is 13.8 Å². The zero-order valence-corrected chi connectivity index (χ0v) is 10.6. The van der Waals surface area contributed by atoms with Crippen LogP contribution in [0.1, 0.15) is 46.5 Å². The van der Waals surface area contributed by atoms with E-state index in [4.69, 9.17) is 10.5 Å². The molecule has 0 aromatic carbocycles. The second-order valence-corrected chi connectivity index (χ2v) is 5.71. The molecule has 0 saturated carbocycles. The van der Waals surface area contributed by atoms with Crippen molar-refractivity contribution in [3.05, 3.63) is 0 Å². The Morgan fingerprint density at radius 3 is 2.50 bits per heavy atom. The molecule has 1 aliphatic rings. The Labute approximate surface area is 97.9 Å². The molecular formula is C12H24N2O2. The van der Waals surface area contributed by atoms with Gasteiger partial charge in [-0.2, -0.15) is 0 Å². The minimum absolute atomic E-state index is 0.0892. The molecule has 3 N–H and O–H groups in total. The fraction of sp³-hybridized carbons (Fsp3) is 0.917. The van der Waals surface area contributed by atoms with Crippen LogP contribution in [0.5, 0.6) is 0 Å². The minimum atomic E-state index is -0.270. The van der Waals surface area contributed by atoms with Crippen LogP contribution in [0.3, 0.4) is 0 Å². The SMILES string of the molecule is CC(C)(N)CCC(=O)NC1(C)CCOCC1. The number of carbonyl (C=O) groups excluding carboxylic acids is 1. The molecule has 1 saturated heterocycles. The van der Waals surface area contributed by atoms with Gasteiger partial charge in [0.2, 0.25) is 5.91 Å². The second kappa shape index (κ2) is 5.15. The summed E-state index contributed by atoms with van der Waals surface area (Å²) in [6, 6.07) is 0. The molecule has 0 spiro atoms. The van der Waals surface area contributed by atoms with Gasteiger partial charge in [0, 0.05) is 30.7 Å². The van der Waals surface area contributed by atoms with Gasteiger partial charge >= 0.3 is 0 Å². The lowest BCUT2D eigenvalue weighted by atomic mass is 9.91. The van der Waals surface area contributed by atoms with Crippen molar-refractivity contribution in [1.29, 1.82) is 0 Å². The summed E-state index contributed by atoms with van der Waals surface area (Å²) in [5, 5.41) is 3.09. The molecule has 0 bridgehead atoms. The predicted molar refractivity (Wildman–Crippen MR) is 64.1 cm³/mol. The molecule has 1 amide bonds. The number of nitrogens with one attached hydrogen (secondary N) is 1. The van der Waals surface area contributed by atoms with Crippen LogP contribution in [0.2, 0.25) is 0 Å². The molecule has 1 heterocycles. The molecule has 0 aromatic rings. The predicted octanol–water partition coefficient (Wildman–Crippen LogP) is 1.19. The second-order valence-electron chi connectivity index (χ2n) is 5.71. The zero-order valence-electron chi connectivity index (χ0n) is 10.6. The Balaban J connectivity index is 2.33. The van der Waals surface area contributed by atoms with E-state index in [-0.39, 0.29) is 17.0 Å². The summed E-state index contributed by atoms with van der Waals surface area (Å²) in [6.07, 6.45) is 3.00. The van der Waals surface area contributed by atoms with E-state index >= 15 is 0 Å². The summed E-state index contributed by atoms with van der Waals surface area (Å²) in [5.41, 5.74) is 5.49. The van der Waals surface area contributed by atoms with Crippen LogP contribution in [0, 0.1) is 0 Å². The third-order valence-electron chi connectivity index (χ3n) is 3.03. The van der Waals surface area contributed by atoms with Crippen molar-refractivity contribution in [1.82, 2.24) is 5.32 Å². The highest BCUT2D eigenvalue weighted by Gasteiger charge is 2.29. The summed E-state index contributed by atoms with van der Waals surface area (Å²) in [7, 11) is 0. The Hall–Kier alpha value is -0.610. The van der Waals surface area contributed by atoms with Crippen molar-refractivity contribution in [2.75, 3.05) is 13.2 Å². The van der Waals surface area contributed by atoms with Gasteiger partial charge in [0.15, 0.2) is 0 Å². The quantitative estimate of drug-likeness (QED) is 0.759. The van der Waals surface area contributed by atoms with Crippen LogP contribution in [0.4, 0.5) is 0 Å². The first-order valence-corrected chi connectivity index (χ1v) is 5.98. The number of carbonyl (C=O) groups is 1. The first-order valence-electron chi connectivity index (χ1n) is 5.98. The first kappa shape index (κ1) is 13.5. The van der Waals surface area contributed by atoms with Gasteiger partial charge < -0.3 is 15.8 Å². The van der Waals surface area contributed by atoms with Crippen molar-refractivity contribution in [2.24, 2.45) is 5.73 Å². The summed E-state index contributed by atoms with van der Waals surface area (Å²) in [5.74, 6) is 0.0999. The summed E-state index contributed by atoms with van der Waals surface area (Å²) < 4.78 is 5.29. The minimum Gasteiger partial charge on any atom is -0.381 e. The first-order chi connectivity index (χ1) is 7.31. The third-order valence-corrected chi connectivity index (χ3v) is 3.03. The lowest BCUT2D eigenvalue weighted by molar-refractivity contribution is -0.124. The van der Waals surface area contributed by atoms with E-state index in [0.29, 0.717) is 12.8 Å². The zero-order chi connectivity index (χ0) is 12.2. The van der Waals surface area contributed by atoms with Crippen molar-refractivity contribution in [2.45, 2.75) is 57.5 Å². The molecule has 16 heavy (non-hydrogen) atoms. The van der Waals surface area contributed by atoms with Gasteiger partial charge in [0.05, 0.1) is 0 Å². The van der Waals surface area contributed by atoms with Crippen LogP contribution < -0.4 is 11.1 Å². The Morgan fingerprint density at radius 1 is 1.44 bits per heavy atom. The lowest BCUT2D eigenvalue weighted by Gasteiger charge is -2.34. The molecule has 0 atom stereocenters. The van der Waals surface area contributed by atoms with E-state index in [1.54, 1.807) is 0 Å². The number of rotatable bonds is 4. The summed E-state index contributed by atoms with van der Waals surface area (Å²) in [6.45, 7) is 7.44. The van der Waals surface area contributed by atoms with Gasteiger partial charge in [-0.3, -0.25) is 4.79 Å². The monoisotopic (exact) mass is 228 g/mol. The molecule has 1 rings (SSSR count). The van der Waals surface area contributed by atoms with Gasteiger partial charge in [-0.15, -0.1) is 0 Å². The number of amides is 1. The van der Waals surface area contributed by atoms with Crippen molar-refractivity contribution in [3.63, 3.8) is 0 Å². The van der Waals surface area contributed by atoms with E-state index in [0.717, 1.165) is 26.1 Å². The van der Waals surface area contributed by atoms with Gasteiger partial charge in [-0.05, 0) is 40.0 Å². The molecular weight excluding hydrogens is 204 g/mol. The average molecular weight is 228 g/mol. The molecule has 0 unspecified atom stereocenters. The molecule has 0 aliphatic carbocycles. The van der Waals surface area contributed by atoms with Gasteiger partial charge in [0.1, 0.15) is 0 Å². The van der Waals surface area contributed by atoms with Crippen LogP contribution in [-0.4, -0.2) is 30.2 Å². The Morgan fingerprint density at radius 2 is 2.00 bits per heavy atom. The fourth-order valence-corrected chi connectivity index (χ4v) is 1.78. The van der Waals surface area contributed by atoms with Gasteiger partial charge in [-0.1, -0.05) is 0 Å². The molecule has 4 heteroatoms. The van der Waals surface area contributed by atoms with Gasteiger partial charge in [0.25, 0.3) is 0 Å². The molecule has 1 fully saturated rings. The number of hydrogen-bond donors (Lipinski definition) is 2. The van der Waals surface area contributed by atoms with Crippen LogP contribution in [0.25, 0.3) is 0 Å². The van der Waals surface area contributed by atoms with E-state index < -0.39 is 0 Å².